The lowest BCUT2D eigenvalue weighted by Crippen LogP contribution is -2.30. The standard InChI is InChI=1S/C21H22N4OS/c1-15-5-4-8-18(11-15)22-20(26)24-21-23-19(14-27-21)13-25-10-9-16-6-2-3-7-17(16)12-25/h2-8,11,14H,9-10,12-13H2,1H3,(H2,22,23,24,26). The summed E-state index contributed by atoms with van der Waals surface area (Å²) in [6.45, 7) is 4.77. The van der Waals surface area contributed by atoms with Crippen molar-refractivity contribution in [1.82, 2.24) is 9.88 Å². The fraction of sp³-hybridized carbons (Fsp3) is 0.238. The van der Waals surface area contributed by atoms with Crippen molar-refractivity contribution in [1.29, 1.82) is 0 Å². The summed E-state index contributed by atoms with van der Waals surface area (Å²) in [7, 11) is 0. The molecule has 2 aromatic carbocycles. The lowest BCUT2D eigenvalue weighted by molar-refractivity contribution is 0.243. The molecule has 2 heterocycles. The number of anilines is 2. The number of thiazole rings is 1. The summed E-state index contributed by atoms with van der Waals surface area (Å²) in [4.78, 5) is 19.1. The van der Waals surface area contributed by atoms with Crippen molar-refractivity contribution in [3.8, 4) is 0 Å². The zero-order valence-corrected chi connectivity index (χ0v) is 16.1. The molecule has 0 radical (unpaired) electrons. The van der Waals surface area contributed by atoms with Crippen LogP contribution in [0.25, 0.3) is 0 Å². The van der Waals surface area contributed by atoms with E-state index in [4.69, 9.17) is 0 Å². The van der Waals surface area contributed by atoms with E-state index in [1.807, 2.05) is 36.6 Å². The van der Waals surface area contributed by atoms with Crippen LogP contribution in [0.1, 0.15) is 22.4 Å². The number of aryl methyl sites for hydroxylation is 1. The zero-order valence-electron chi connectivity index (χ0n) is 15.2. The lowest BCUT2D eigenvalue weighted by Gasteiger charge is -2.27. The molecule has 1 aliphatic rings. The second kappa shape index (κ2) is 7.90. The molecule has 6 heteroatoms. The smallest absolute Gasteiger partial charge is 0.308 e. The molecule has 2 N–H and O–H groups in total. The molecule has 3 aromatic rings. The Kier molecular flexibility index (Phi) is 5.18. The maximum absolute atomic E-state index is 12.2. The number of carbonyl (C=O) groups excluding carboxylic acids is 1. The second-order valence-corrected chi connectivity index (χ2v) is 7.68. The highest BCUT2D eigenvalue weighted by atomic mass is 32.1. The van der Waals surface area contributed by atoms with Gasteiger partial charge in [-0.1, -0.05) is 36.4 Å². The van der Waals surface area contributed by atoms with Crippen LogP contribution in [0.5, 0.6) is 0 Å². The molecular formula is C21H22N4OS. The summed E-state index contributed by atoms with van der Waals surface area (Å²) in [5.74, 6) is 0. The maximum Gasteiger partial charge on any atom is 0.325 e. The molecule has 0 spiro atoms. The number of nitrogens with one attached hydrogen (secondary N) is 2. The van der Waals surface area contributed by atoms with Crippen LogP contribution in [0.15, 0.2) is 53.9 Å². The van der Waals surface area contributed by atoms with E-state index in [1.54, 1.807) is 0 Å². The average molecular weight is 379 g/mol. The first-order chi connectivity index (χ1) is 13.2. The fourth-order valence-corrected chi connectivity index (χ4v) is 4.03. The molecule has 1 aromatic heterocycles. The predicted octanol–water partition coefficient (Wildman–Crippen LogP) is 4.65. The molecule has 0 fully saturated rings. The Morgan fingerprint density at radius 1 is 1.15 bits per heavy atom. The van der Waals surface area contributed by atoms with Gasteiger partial charge in [-0.25, -0.2) is 9.78 Å². The van der Waals surface area contributed by atoms with Crippen LogP contribution >= 0.6 is 11.3 Å². The molecule has 138 valence electrons. The third-order valence-corrected chi connectivity index (χ3v) is 5.45. The van der Waals surface area contributed by atoms with E-state index in [-0.39, 0.29) is 6.03 Å². The van der Waals surface area contributed by atoms with Gasteiger partial charge < -0.3 is 5.32 Å². The number of urea groups is 1. The van der Waals surface area contributed by atoms with Gasteiger partial charge in [0, 0.05) is 30.7 Å². The Balaban J connectivity index is 1.33. The van der Waals surface area contributed by atoms with Crippen LogP contribution < -0.4 is 10.6 Å². The Hall–Kier alpha value is -2.70. The maximum atomic E-state index is 12.2. The first-order valence-corrected chi connectivity index (χ1v) is 9.92. The molecule has 0 saturated heterocycles. The van der Waals surface area contributed by atoms with E-state index < -0.39 is 0 Å². The SMILES string of the molecule is Cc1cccc(NC(=O)Nc2nc(CN3CCc4ccccc4C3)cs2)c1. The van der Waals surface area contributed by atoms with Crippen LogP contribution in [0, 0.1) is 6.92 Å². The van der Waals surface area contributed by atoms with Crippen molar-refractivity contribution in [2.75, 3.05) is 17.2 Å². The molecule has 27 heavy (non-hydrogen) atoms. The second-order valence-electron chi connectivity index (χ2n) is 6.82. The Bertz CT molecular complexity index is 953. The van der Waals surface area contributed by atoms with Gasteiger partial charge in [-0.3, -0.25) is 10.2 Å². The van der Waals surface area contributed by atoms with Gasteiger partial charge in [0.1, 0.15) is 0 Å². The number of aromatic nitrogens is 1. The topological polar surface area (TPSA) is 57.3 Å². The fourth-order valence-electron chi connectivity index (χ4n) is 3.34. The minimum Gasteiger partial charge on any atom is -0.308 e. The van der Waals surface area contributed by atoms with E-state index in [2.05, 4.69) is 44.8 Å². The van der Waals surface area contributed by atoms with Gasteiger partial charge in [0.05, 0.1) is 5.69 Å². The molecule has 2 amide bonds. The third-order valence-electron chi connectivity index (χ3n) is 4.64. The third kappa shape index (κ3) is 4.53. The van der Waals surface area contributed by atoms with E-state index in [9.17, 15) is 4.79 Å². The minimum atomic E-state index is -0.270. The highest BCUT2D eigenvalue weighted by molar-refractivity contribution is 7.13. The number of carbonyl (C=O) groups is 1. The molecule has 0 saturated carbocycles. The average Bonchev–Trinajstić information content (AvgIpc) is 3.08. The van der Waals surface area contributed by atoms with E-state index >= 15 is 0 Å². The molecule has 1 aliphatic heterocycles. The highest BCUT2D eigenvalue weighted by Crippen LogP contribution is 2.22. The normalized spacial score (nSPS) is 13.8. The van der Waals surface area contributed by atoms with Gasteiger partial charge in [-0.05, 0) is 42.2 Å². The summed E-state index contributed by atoms with van der Waals surface area (Å²) in [6.07, 6.45) is 1.07. The molecule has 0 bridgehead atoms. The van der Waals surface area contributed by atoms with Crippen LogP contribution in [-0.2, 0) is 19.5 Å². The Labute approximate surface area is 163 Å². The van der Waals surface area contributed by atoms with Crippen LogP contribution in [0.3, 0.4) is 0 Å². The van der Waals surface area contributed by atoms with Gasteiger partial charge >= 0.3 is 6.03 Å². The van der Waals surface area contributed by atoms with E-state index in [1.165, 1.54) is 22.5 Å². The number of hydrogen-bond acceptors (Lipinski definition) is 4. The number of hydrogen-bond donors (Lipinski definition) is 2. The quantitative estimate of drug-likeness (QED) is 0.694. The minimum absolute atomic E-state index is 0.270. The first kappa shape index (κ1) is 17.7. The molecule has 4 rings (SSSR count). The van der Waals surface area contributed by atoms with E-state index in [0.717, 1.165) is 43.0 Å². The molecular weight excluding hydrogens is 356 g/mol. The van der Waals surface area contributed by atoms with Gasteiger partial charge in [0.25, 0.3) is 0 Å². The monoisotopic (exact) mass is 378 g/mol. The summed E-state index contributed by atoms with van der Waals surface area (Å²) < 4.78 is 0. The molecule has 0 unspecified atom stereocenters. The number of amides is 2. The van der Waals surface area contributed by atoms with Crippen molar-refractivity contribution in [3.63, 3.8) is 0 Å². The van der Waals surface area contributed by atoms with Crippen molar-refractivity contribution in [3.05, 3.63) is 76.3 Å². The Morgan fingerprint density at radius 2 is 2.00 bits per heavy atom. The van der Waals surface area contributed by atoms with E-state index in [0.29, 0.717) is 5.13 Å². The van der Waals surface area contributed by atoms with Gasteiger partial charge in [-0.15, -0.1) is 11.3 Å². The van der Waals surface area contributed by atoms with Crippen molar-refractivity contribution >= 4 is 28.2 Å². The highest BCUT2D eigenvalue weighted by Gasteiger charge is 2.17. The predicted molar refractivity (Wildman–Crippen MR) is 110 cm³/mol. The van der Waals surface area contributed by atoms with Gasteiger partial charge in [0.15, 0.2) is 5.13 Å². The number of benzene rings is 2. The summed E-state index contributed by atoms with van der Waals surface area (Å²) in [5.41, 5.74) is 5.71. The lowest BCUT2D eigenvalue weighted by atomic mass is 10.00. The Morgan fingerprint density at radius 3 is 2.85 bits per heavy atom. The molecule has 0 atom stereocenters. The summed E-state index contributed by atoms with van der Waals surface area (Å²) >= 11 is 1.46. The van der Waals surface area contributed by atoms with Crippen molar-refractivity contribution in [2.45, 2.75) is 26.4 Å². The molecule has 0 aliphatic carbocycles. The zero-order chi connectivity index (χ0) is 18.6. The van der Waals surface area contributed by atoms with Gasteiger partial charge in [-0.2, -0.15) is 0 Å². The largest absolute Gasteiger partial charge is 0.325 e. The van der Waals surface area contributed by atoms with Crippen LogP contribution in [-0.4, -0.2) is 22.5 Å². The number of fused-ring (bicyclic) bond motifs is 1. The first-order valence-electron chi connectivity index (χ1n) is 9.04. The summed E-state index contributed by atoms with van der Waals surface area (Å²) in [5, 5.41) is 8.30. The van der Waals surface area contributed by atoms with Crippen molar-refractivity contribution < 1.29 is 4.79 Å². The van der Waals surface area contributed by atoms with Gasteiger partial charge in [0.2, 0.25) is 0 Å². The van der Waals surface area contributed by atoms with Crippen molar-refractivity contribution in [2.24, 2.45) is 0 Å². The molecule has 5 nitrogen and oxygen atoms in total. The van der Waals surface area contributed by atoms with Crippen LogP contribution in [0.2, 0.25) is 0 Å². The number of nitrogens with zero attached hydrogens (tertiary/aromatic N) is 2. The number of rotatable bonds is 4. The van der Waals surface area contributed by atoms with Crippen LogP contribution in [0.4, 0.5) is 15.6 Å². The summed E-state index contributed by atoms with van der Waals surface area (Å²) in [6, 6.07) is 16.1.